The van der Waals surface area contributed by atoms with E-state index in [2.05, 4.69) is 32.0 Å². The van der Waals surface area contributed by atoms with Crippen LogP contribution in [0, 0.1) is 6.92 Å². The van der Waals surface area contributed by atoms with E-state index in [9.17, 15) is 4.79 Å². The molecule has 0 spiro atoms. The van der Waals surface area contributed by atoms with E-state index in [0.29, 0.717) is 17.9 Å². The average molecular weight is 348 g/mol. The molecule has 132 valence electrons. The third kappa shape index (κ3) is 3.09. The fourth-order valence-electron chi connectivity index (χ4n) is 3.15. The average Bonchev–Trinajstić information content (AvgIpc) is 3.08. The molecule has 0 atom stereocenters. The fourth-order valence-corrected chi connectivity index (χ4v) is 3.15. The fraction of sp³-hybridized carbons (Fsp3) is 0.263. The Morgan fingerprint density at radius 2 is 2.23 bits per heavy atom. The maximum Gasteiger partial charge on any atom is 0.274 e. The third-order valence-electron chi connectivity index (χ3n) is 4.59. The van der Waals surface area contributed by atoms with Gasteiger partial charge >= 0.3 is 0 Å². The van der Waals surface area contributed by atoms with Gasteiger partial charge in [-0.1, -0.05) is 22.9 Å². The molecule has 4 rings (SSSR count). The van der Waals surface area contributed by atoms with Crippen molar-refractivity contribution in [2.45, 2.75) is 13.3 Å². The number of hydrogen-bond acceptors (Lipinski definition) is 5. The van der Waals surface area contributed by atoms with Gasteiger partial charge in [0.1, 0.15) is 0 Å². The number of fused-ring (bicyclic) bond motifs is 1. The zero-order valence-electron chi connectivity index (χ0n) is 14.6. The Kier molecular flexibility index (Phi) is 4.45. The van der Waals surface area contributed by atoms with Crippen molar-refractivity contribution >= 4 is 16.8 Å². The molecule has 7 nitrogen and oxygen atoms in total. The monoisotopic (exact) mass is 348 g/mol. The van der Waals surface area contributed by atoms with Crippen molar-refractivity contribution in [2.24, 2.45) is 0 Å². The minimum atomic E-state index is -0.202. The highest BCUT2D eigenvalue weighted by molar-refractivity contribution is 5.94. The van der Waals surface area contributed by atoms with Gasteiger partial charge in [-0.2, -0.15) is 0 Å². The van der Waals surface area contributed by atoms with Crippen molar-refractivity contribution < 1.29 is 4.79 Å². The lowest BCUT2D eigenvalue weighted by Crippen LogP contribution is -2.30. The van der Waals surface area contributed by atoms with Gasteiger partial charge in [0.2, 0.25) is 0 Å². The van der Waals surface area contributed by atoms with Crippen molar-refractivity contribution in [2.75, 3.05) is 19.6 Å². The molecule has 0 fully saturated rings. The summed E-state index contributed by atoms with van der Waals surface area (Å²) >= 11 is 0. The third-order valence-corrected chi connectivity index (χ3v) is 4.59. The van der Waals surface area contributed by atoms with Crippen LogP contribution in [-0.4, -0.2) is 45.5 Å². The maximum atomic E-state index is 12.5. The van der Waals surface area contributed by atoms with Gasteiger partial charge in [0.15, 0.2) is 5.69 Å². The number of nitrogens with one attached hydrogen (secondary N) is 2. The molecule has 7 heteroatoms. The molecule has 0 aliphatic carbocycles. The van der Waals surface area contributed by atoms with Gasteiger partial charge in [-0.3, -0.25) is 9.78 Å². The predicted molar refractivity (Wildman–Crippen MR) is 99.3 cm³/mol. The maximum absolute atomic E-state index is 12.5. The van der Waals surface area contributed by atoms with Crippen LogP contribution >= 0.6 is 0 Å². The van der Waals surface area contributed by atoms with Crippen molar-refractivity contribution in [1.82, 2.24) is 30.6 Å². The SMILES string of the molecule is Cc1c(C(=O)NCC2=CCNCC2)nnn1-c1cccc2ncccc12. The molecule has 2 N–H and O–H groups in total. The van der Waals surface area contributed by atoms with E-state index in [-0.39, 0.29) is 5.91 Å². The summed E-state index contributed by atoms with van der Waals surface area (Å²) in [5, 5.41) is 15.5. The Balaban J connectivity index is 1.59. The molecule has 0 saturated carbocycles. The van der Waals surface area contributed by atoms with Gasteiger partial charge in [-0.15, -0.1) is 5.10 Å². The highest BCUT2D eigenvalue weighted by Gasteiger charge is 2.18. The molecule has 3 heterocycles. The van der Waals surface area contributed by atoms with Crippen LogP contribution in [0.5, 0.6) is 0 Å². The van der Waals surface area contributed by atoms with E-state index in [1.807, 2.05) is 37.3 Å². The molecule has 1 amide bonds. The second-order valence-electron chi connectivity index (χ2n) is 6.28. The lowest BCUT2D eigenvalue weighted by Gasteiger charge is -2.14. The number of carbonyl (C=O) groups excluding carboxylic acids is 1. The second kappa shape index (κ2) is 7.05. The van der Waals surface area contributed by atoms with Crippen LogP contribution in [0.15, 0.2) is 48.2 Å². The lowest BCUT2D eigenvalue weighted by molar-refractivity contribution is 0.0951. The molecular weight excluding hydrogens is 328 g/mol. The number of aromatic nitrogens is 4. The van der Waals surface area contributed by atoms with E-state index in [1.165, 1.54) is 5.57 Å². The zero-order valence-corrected chi connectivity index (χ0v) is 14.6. The minimum Gasteiger partial charge on any atom is -0.347 e. The molecule has 3 aromatic rings. The second-order valence-corrected chi connectivity index (χ2v) is 6.28. The molecule has 1 aromatic carbocycles. The summed E-state index contributed by atoms with van der Waals surface area (Å²) < 4.78 is 1.70. The minimum absolute atomic E-state index is 0.202. The van der Waals surface area contributed by atoms with Crippen LogP contribution in [0.3, 0.4) is 0 Å². The Labute approximate surface area is 151 Å². The molecule has 0 saturated heterocycles. The smallest absolute Gasteiger partial charge is 0.274 e. The van der Waals surface area contributed by atoms with Crippen LogP contribution in [0.25, 0.3) is 16.6 Å². The first-order valence-electron chi connectivity index (χ1n) is 8.67. The van der Waals surface area contributed by atoms with E-state index >= 15 is 0 Å². The van der Waals surface area contributed by atoms with Crippen LogP contribution in [0.4, 0.5) is 0 Å². The van der Waals surface area contributed by atoms with Crippen LogP contribution < -0.4 is 10.6 Å². The van der Waals surface area contributed by atoms with Crippen LogP contribution in [0.2, 0.25) is 0 Å². The summed E-state index contributed by atoms with van der Waals surface area (Å²) in [6.45, 7) is 4.21. The Hall–Kier alpha value is -3.06. The molecule has 0 unspecified atom stereocenters. The van der Waals surface area contributed by atoms with E-state index in [0.717, 1.165) is 36.1 Å². The predicted octanol–water partition coefficient (Wildman–Crippen LogP) is 1.77. The Morgan fingerprint density at radius 3 is 3.08 bits per heavy atom. The summed E-state index contributed by atoms with van der Waals surface area (Å²) in [7, 11) is 0. The number of amides is 1. The standard InChI is InChI=1S/C19H20N6O/c1-13-18(19(26)22-12-14-7-10-20-11-8-14)23-24-25(13)17-6-2-5-16-15(17)4-3-9-21-16/h2-7,9,20H,8,10-12H2,1H3,(H,22,26). The van der Waals surface area contributed by atoms with Crippen molar-refractivity contribution in [1.29, 1.82) is 0 Å². The van der Waals surface area contributed by atoms with Crippen molar-refractivity contribution in [3.8, 4) is 5.69 Å². The largest absolute Gasteiger partial charge is 0.347 e. The molecule has 2 aromatic heterocycles. The summed E-state index contributed by atoms with van der Waals surface area (Å²) in [4.78, 5) is 16.9. The summed E-state index contributed by atoms with van der Waals surface area (Å²) in [5.74, 6) is -0.202. The van der Waals surface area contributed by atoms with Crippen LogP contribution in [-0.2, 0) is 0 Å². The van der Waals surface area contributed by atoms with Gasteiger partial charge in [0.25, 0.3) is 5.91 Å². The molecule has 1 aliphatic rings. The summed E-state index contributed by atoms with van der Waals surface area (Å²) in [6.07, 6.45) is 4.83. The molecule has 0 radical (unpaired) electrons. The van der Waals surface area contributed by atoms with Crippen molar-refractivity contribution in [3.63, 3.8) is 0 Å². The number of hydrogen-bond donors (Lipinski definition) is 2. The first-order chi connectivity index (χ1) is 12.7. The van der Waals surface area contributed by atoms with Crippen molar-refractivity contribution in [3.05, 3.63) is 59.6 Å². The summed E-state index contributed by atoms with van der Waals surface area (Å²) in [6, 6.07) is 9.70. The van der Waals surface area contributed by atoms with Gasteiger partial charge < -0.3 is 10.6 Å². The number of benzene rings is 1. The van der Waals surface area contributed by atoms with E-state index in [1.54, 1.807) is 10.9 Å². The van der Waals surface area contributed by atoms with E-state index in [4.69, 9.17) is 0 Å². The lowest BCUT2D eigenvalue weighted by atomic mass is 10.1. The van der Waals surface area contributed by atoms with Crippen LogP contribution in [0.1, 0.15) is 22.6 Å². The molecular formula is C19H20N6O. The quantitative estimate of drug-likeness (QED) is 0.702. The zero-order chi connectivity index (χ0) is 17.9. The van der Waals surface area contributed by atoms with Gasteiger partial charge in [0.05, 0.1) is 16.9 Å². The van der Waals surface area contributed by atoms with Gasteiger partial charge in [-0.05, 0) is 44.2 Å². The van der Waals surface area contributed by atoms with Gasteiger partial charge in [0, 0.05) is 24.7 Å². The first-order valence-corrected chi connectivity index (χ1v) is 8.67. The molecule has 0 bridgehead atoms. The number of carbonyl (C=O) groups is 1. The Morgan fingerprint density at radius 1 is 1.31 bits per heavy atom. The highest BCUT2D eigenvalue weighted by Crippen LogP contribution is 2.21. The molecule has 26 heavy (non-hydrogen) atoms. The van der Waals surface area contributed by atoms with E-state index < -0.39 is 0 Å². The van der Waals surface area contributed by atoms with Gasteiger partial charge in [-0.25, -0.2) is 4.68 Å². The topological polar surface area (TPSA) is 84.7 Å². The normalized spacial score (nSPS) is 14.3. The highest BCUT2D eigenvalue weighted by atomic mass is 16.2. The summed E-state index contributed by atoms with van der Waals surface area (Å²) in [5.41, 5.74) is 4.03. The number of rotatable bonds is 4. The number of pyridine rings is 1. The first kappa shape index (κ1) is 16.4. The Bertz CT molecular complexity index is 985. The number of nitrogens with zero attached hydrogens (tertiary/aromatic N) is 4. The molecule has 1 aliphatic heterocycles.